The summed E-state index contributed by atoms with van der Waals surface area (Å²) in [6.45, 7) is 2.17. The third-order valence-corrected chi connectivity index (χ3v) is 4.53. The van der Waals surface area contributed by atoms with Gasteiger partial charge in [-0.3, -0.25) is 4.79 Å². The van der Waals surface area contributed by atoms with E-state index in [1.165, 1.54) is 0 Å². The fraction of sp³-hybridized carbons (Fsp3) is 0.462. The Hall–Kier alpha value is -1.07. The Morgan fingerprint density at radius 1 is 1.44 bits per heavy atom. The van der Waals surface area contributed by atoms with Gasteiger partial charge < -0.3 is 15.2 Å². The van der Waals surface area contributed by atoms with Crippen LogP contribution in [0.25, 0.3) is 0 Å². The maximum atomic E-state index is 11.0. The normalized spacial score (nSPS) is 20.6. The second kappa shape index (κ2) is 3.96. The molecule has 0 bridgehead atoms. The predicted octanol–water partition coefficient (Wildman–Crippen LogP) is 2.37. The largest absolute Gasteiger partial charge is 0.453 e. The Kier molecular flexibility index (Phi) is 2.64. The molecule has 2 N–H and O–H groups in total. The summed E-state index contributed by atoms with van der Waals surface area (Å²) in [5.74, 6) is 1.23. The number of ether oxygens (including phenoxy) is 2. The zero-order valence-electron chi connectivity index (χ0n) is 10.0. The molecule has 3 rings (SSSR count). The molecule has 0 spiro atoms. The first-order valence-electron chi connectivity index (χ1n) is 5.93. The number of hydrogen-bond acceptors (Lipinski definition) is 4. The van der Waals surface area contributed by atoms with Crippen molar-refractivity contribution < 1.29 is 14.3 Å². The summed E-state index contributed by atoms with van der Waals surface area (Å²) in [5, 5.41) is 0. The van der Waals surface area contributed by atoms with Crippen LogP contribution >= 0.6 is 15.9 Å². The molecule has 1 aliphatic heterocycles. The van der Waals surface area contributed by atoms with Crippen LogP contribution in [0.4, 0.5) is 0 Å². The van der Waals surface area contributed by atoms with E-state index in [1.54, 1.807) is 6.07 Å². The van der Waals surface area contributed by atoms with Gasteiger partial charge in [0, 0.05) is 21.5 Å². The maximum Gasteiger partial charge on any atom is 0.231 e. The van der Waals surface area contributed by atoms with Gasteiger partial charge in [-0.05, 0) is 25.8 Å². The van der Waals surface area contributed by atoms with Crippen LogP contribution < -0.4 is 15.2 Å². The first kappa shape index (κ1) is 12.0. The summed E-state index contributed by atoms with van der Waals surface area (Å²) >= 11 is 3.54. The number of carbonyl (C=O) groups excluding carboxylic acids is 1. The highest BCUT2D eigenvalue weighted by molar-refractivity contribution is 9.10. The number of aldehydes is 1. The van der Waals surface area contributed by atoms with E-state index in [4.69, 9.17) is 15.2 Å². The predicted molar refractivity (Wildman–Crippen MR) is 70.2 cm³/mol. The number of carbonyl (C=O) groups is 1. The Labute approximate surface area is 114 Å². The topological polar surface area (TPSA) is 61.6 Å². The van der Waals surface area contributed by atoms with Crippen molar-refractivity contribution in [3.63, 3.8) is 0 Å². The molecule has 1 aromatic carbocycles. The van der Waals surface area contributed by atoms with Gasteiger partial charge in [-0.2, -0.15) is 0 Å². The van der Waals surface area contributed by atoms with Gasteiger partial charge in [0.2, 0.25) is 6.79 Å². The quantitative estimate of drug-likeness (QED) is 0.871. The van der Waals surface area contributed by atoms with Crippen molar-refractivity contribution in [3.8, 4) is 11.5 Å². The third-order valence-electron chi connectivity index (χ3n) is 3.91. The standard InChI is InChI=1S/C13H14BrNO3/c1-7(15)13(2-3-13)10-9(14)4-8(5-16)11-12(10)18-6-17-11/h4-5,7H,2-3,6,15H2,1H3. The van der Waals surface area contributed by atoms with E-state index in [1.807, 2.05) is 6.92 Å². The number of benzene rings is 1. The smallest absolute Gasteiger partial charge is 0.231 e. The van der Waals surface area contributed by atoms with Gasteiger partial charge in [0.15, 0.2) is 17.8 Å². The molecule has 5 heteroatoms. The third kappa shape index (κ3) is 1.50. The zero-order chi connectivity index (χ0) is 12.9. The molecule has 0 radical (unpaired) electrons. The molecule has 2 aliphatic rings. The van der Waals surface area contributed by atoms with Gasteiger partial charge in [-0.25, -0.2) is 0 Å². The zero-order valence-corrected chi connectivity index (χ0v) is 11.6. The van der Waals surface area contributed by atoms with E-state index in [2.05, 4.69) is 15.9 Å². The molecule has 1 heterocycles. The van der Waals surface area contributed by atoms with Crippen LogP contribution in [0.5, 0.6) is 11.5 Å². The number of nitrogens with two attached hydrogens (primary N) is 1. The van der Waals surface area contributed by atoms with Gasteiger partial charge in [-0.1, -0.05) is 15.9 Å². The minimum absolute atomic E-state index is 0.0436. The monoisotopic (exact) mass is 311 g/mol. The highest BCUT2D eigenvalue weighted by atomic mass is 79.9. The molecular weight excluding hydrogens is 298 g/mol. The second-order valence-corrected chi connectivity index (χ2v) is 5.80. The van der Waals surface area contributed by atoms with E-state index in [0.717, 1.165) is 29.2 Å². The summed E-state index contributed by atoms with van der Waals surface area (Å²) in [7, 11) is 0. The first-order valence-corrected chi connectivity index (χ1v) is 6.73. The molecule has 0 saturated heterocycles. The molecule has 0 amide bonds. The Morgan fingerprint density at radius 2 is 2.11 bits per heavy atom. The molecule has 1 atom stereocenters. The second-order valence-electron chi connectivity index (χ2n) is 4.95. The summed E-state index contributed by atoms with van der Waals surface area (Å²) < 4.78 is 11.8. The van der Waals surface area contributed by atoms with Crippen LogP contribution in [0.15, 0.2) is 10.5 Å². The fourth-order valence-corrected chi connectivity index (χ4v) is 3.50. The van der Waals surface area contributed by atoms with Crippen molar-refractivity contribution in [2.24, 2.45) is 5.73 Å². The average molecular weight is 312 g/mol. The van der Waals surface area contributed by atoms with E-state index in [9.17, 15) is 4.79 Å². The highest BCUT2D eigenvalue weighted by Gasteiger charge is 2.51. The SMILES string of the molecule is CC(N)C1(c2c(Br)cc(C=O)c3c2OCO3)CC1. The fourth-order valence-electron chi connectivity index (χ4n) is 2.68. The molecule has 1 unspecified atom stereocenters. The minimum Gasteiger partial charge on any atom is -0.453 e. The Balaban J connectivity index is 2.22. The van der Waals surface area contributed by atoms with Gasteiger partial charge in [0.05, 0.1) is 5.56 Å². The molecular formula is C13H14BrNO3. The maximum absolute atomic E-state index is 11.0. The van der Waals surface area contributed by atoms with E-state index in [-0.39, 0.29) is 18.2 Å². The molecule has 1 fully saturated rings. The molecule has 0 aromatic heterocycles. The summed E-state index contributed by atoms with van der Waals surface area (Å²) in [4.78, 5) is 11.0. The van der Waals surface area contributed by atoms with Crippen molar-refractivity contribution in [1.82, 2.24) is 0 Å². The van der Waals surface area contributed by atoms with Crippen LogP contribution in [0, 0.1) is 0 Å². The van der Waals surface area contributed by atoms with Gasteiger partial charge in [0.1, 0.15) is 0 Å². The summed E-state index contributed by atoms with van der Waals surface area (Å²) in [6.07, 6.45) is 2.87. The molecule has 1 saturated carbocycles. The van der Waals surface area contributed by atoms with E-state index in [0.29, 0.717) is 17.1 Å². The van der Waals surface area contributed by atoms with Crippen molar-refractivity contribution in [2.75, 3.05) is 6.79 Å². The van der Waals surface area contributed by atoms with Crippen molar-refractivity contribution in [1.29, 1.82) is 0 Å². The lowest BCUT2D eigenvalue weighted by Gasteiger charge is -2.23. The number of hydrogen-bond donors (Lipinski definition) is 1. The minimum atomic E-state index is -0.0436. The average Bonchev–Trinajstić information content (AvgIpc) is 2.99. The lowest BCUT2D eigenvalue weighted by atomic mass is 9.88. The van der Waals surface area contributed by atoms with Crippen LogP contribution in [0.2, 0.25) is 0 Å². The van der Waals surface area contributed by atoms with Crippen LogP contribution in [0.3, 0.4) is 0 Å². The number of rotatable bonds is 3. The summed E-state index contributed by atoms with van der Waals surface area (Å²) in [6, 6.07) is 1.84. The number of halogens is 1. The highest BCUT2D eigenvalue weighted by Crippen LogP contribution is 2.58. The van der Waals surface area contributed by atoms with Gasteiger partial charge in [0.25, 0.3) is 0 Å². The number of fused-ring (bicyclic) bond motifs is 1. The molecule has 18 heavy (non-hydrogen) atoms. The Morgan fingerprint density at radius 3 is 2.67 bits per heavy atom. The van der Waals surface area contributed by atoms with Gasteiger partial charge >= 0.3 is 0 Å². The van der Waals surface area contributed by atoms with E-state index >= 15 is 0 Å². The van der Waals surface area contributed by atoms with Gasteiger partial charge in [-0.15, -0.1) is 0 Å². The van der Waals surface area contributed by atoms with Crippen molar-refractivity contribution in [3.05, 3.63) is 21.7 Å². The van der Waals surface area contributed by atoms with Crippen molar-refractivity contribution in [2.45, 2.75) is 31.2 Å². The van der Waals surface area contributed by atoms with Crippen LogP contribution in [-0.4, -0.2) is 19.1 Å². The van der Waals surface area contributed by atoms with Crippen molar-refractivity contribution >= 4 is 22.2 Å². The lowest BCUT2D eigenvalue weighted by Crippen LogP contribution is -2.32. The molecule has 4 nitrogen and oxygen atoms in total. The van der Waals surface area contributed by atoms with E-state index < -0.39 is 0 Å². The lowest BCUT2D eigenvalue weighted by molar-refractivity contribution is 0.111. The molecule has 1 aliphatic carbocycles. The molecule has 1 aromatic rings. The molecule has 96 valence electrons. The first-order chi connectivity index (χ1) is 8.60. The Bertz CT molecular complexity index is 523. The van der Waals surface area contributed by atoms with Crippen LogP contribution in [0.1, 0.15) is 35.7 Å². The summed E-state index contributed by atoms with van der Waals surface area (Å²) in [5.41, 5.74) is 7.63. The van der Waals surface area contributed by atoms with Crippen LogP contribution in [-0.2, 0) is 5.41 Å².